The fraction of sp³-hybridized carbons (Fsp3) is 0.474. The Morgan fingerprint density at radius 2 is 1.60 bits per heavy atom. The summed E-state index contributed by atoms with van der Waals surface area (Å²) < 4.78 is 4.97. The lowest BCUT2D eigenvalue weighted by molar-refractivity contribution is -0.152. The summed E-state index contributed by atoms with van der Waals surface area (Å²) in [4.78, 5) is 50.0. The number of carbonyl (C=O) groups is 4. The Balaban J connectivity index is 1.35. The van der Waals surface area contributed by atoms with Crippen molar-refractivity contribution in [3.8, 4) is 0 Å². The van der Waals surface area contributed by atoms with Crippen LogP contribution in [-0.2, 0) is 19.1 Å². The zero-order valence-electron chi connectivity index (χ0n) is 13.7. The molecule has 25 heavy (non-hydrogen) atoms. The second kappa shape index (κ2) is 6.10. The van der Waals surface area contributed by atoms with Gasteiger partial charge < -0.3 is 4.74 Å². The molecular weight excluding hydrogens is 322 g/mol. The number of carbonyl (C=O) groups excluding carboxylic acids is 4. The molecule has 0 spiro atoms. The standard InChI is InChI=1S/C19H19NO5/c21-14(11-4-2-1-3-5-11)10-25-15(22)9-20-18(23)16-12-6-7-13(8-12)17(16)19(20)24/h1-5,12-13,16-17H,6-10H2/t12-,13+,16-,17+. The van der Waals surface area contributed by atoms with E-state index in [1.54, 1.807) is 30.3 Å². The number of esters is 1. The first-order chi connectivity index (χ1) is 12.1. The van der Waals surface area contributed by atoms with Gasteiger partial charge in [-0.25, -0.2) is 0 Å². The maximum atomic E-state index is 12.5. The maximum Gasteiger partial charge on any atom is 0.326 e. The van der Waals surface area contributed by atoms with Crippen molar-refractivity contribution in [1.82, 2.24) is 4.90 Å². The second-order valence-corrected chi connectivity index (χ2v) is 7.10. The van der Waals surface area contributed by atoms with Gasteiger partial charge in [0.1, 0.15) is 6.54 Å². The number of imide groups is 1. The third-order valence-electron chi connectivity index (χ3n) is 5.77. The van der Waals surface area contributed by atoms with E-state index < -0.39 is 19.1 Å². The lowest BCUT2D eigenvalue weighted by Gasteiger charge is -2.19. The van der Waals surface area contributed by atoms with Crippen molar-refractivity contribution >= 4 is 23.6 Å². The van der Waals surface area contributed by atoms with E-state index >= 15 is 0 Å². The van der Waals surface area contributed by atoms with Crippen molar-refractivity contribution in [3.05, 3.63) is 35.9 Å². The third-order valence-corrected chi connectivity index (χ3v) is 5.77. The van der Waals surface area contributed by atoms with Crippen LogP contribution in [0.1, 0.15) is 29.6 Å². The van der Waals surface area contributed by atoms with Crippen LogP contribution in [-0.4, -0.2) is 41.6 Å². The van der Waals surface area contributed by atoms with Gasteiger partial charge in [-0.05, 0) is 31.1 Å². The Kier molecular flexibility index (Phi) is 3.90. The van der Waals surface area contributed by atoms with Crippen LogP contribution in [0.5, 0.6) is 0 Å². The molecule has 0 unspecified atom stereocenters. The normalized spacial score (nSPS) is 29.8. The van der Waals surface area contributed by atoms with Gasteiger partial charge in [0.05, 0.1) is 11.8 Å². The average Bonchev–Trinajstić information content (AvgIpc) is 3.30. The molecule has 130 valence electrons. The molecule has 2 aliphatic carbocycles. The Bertz CT molecular complexity index is 715. The zero-order valence-corrected chi connectivity index (χ0v) is 13.7. The van der Waals surface area contributed by atoms with E-state index in [1.807, 2.05) is 0 Å². The third kappa shape index (κ3) is 2.65. The van der Waals surface area contributed by atoms with Crippen molar-refractivity contribution in [1.29, 1.82) is 0 Å². The van der Waals surface area contributed by atoms with E-state index in [0.29, 0.717) is 5.56 Å². The minimum Gasteiger partial charge on any atom is -0.456 e. The smallest absolute Gasteiger partial charge is 0.326 e. The van der Waals surface area contributed by atoms with E-state index in [-0.39, 0.29) is 41.3 Å². The van der Waals surface area contributed by atoms with Gasteiger partial charge >= 0.3 is 5.97 Å². The molecule has 0 N–H and O–H groups in total. The van der Waals surface area contributed by atoms with Gasteiger partial charge in [0.15, 0.2) is 12.4 Å². The highest BCUT2D eigenvalue weighted by molar-refractivity contribution is 6.08. The average molecular weight is 341 g/mol. The number of fused-ring (bicyclic) bond motifs is 5. The molecule has 1 saturated heterocycles. The predicted octanol–water partition coefficient (Wildman–Crippen LogP) is 1.44. The SMILES string of the molecule is O=C(CN1C(=O)[C@@H]2[C@@H]3CC[C@@H](C3)[C@@H]2C1=O)OCC(=O)c1ccccc1. The molecule has 2 amide bonds. The number of benzene rings is 1. The van der Waals surface area contributed by atoms with Crippen molar-refractivity contribution < 1.29 is 23.9 Å². The molecule has 0 aromatic heterocycles. The van der Waals surface area contributed by atoms with Gasteiger partial charge in [0.25, 0.3) is 0 Å². The molecule has 1 heterocycles. The predicted molar refractivity (Wildman–Crippen MR) is 86.3 cm³/mol. The van der Waals surface area contributed by atoms with Gasteiger partial charge in [-0.1, -0.05) is 30.3 Å². The van der Waals surface area contributed by atoms with Gasteiger partial charge in [0, 0.05) is 5.56 Å². The maximum absolute atomic E-state index is 12.5. The summed E-state index contributed by atoms with van der Waals surface area (Å²) in [5.74, 6) is -1.45. The van der Waals surface area contributed by atoms with Crippen LogP contribution in [0.3, 0.4) is 0 Å². The van der Waals surface area contributed by atoms with E-state index in [4.69, 9.17) is 4.74 Å². The quantitative estimate of drug-likeness (QED) is 0.460. The van der Waals surface area contributed by atoms with Crippen LogP contribution >= 0.6 is 0 Å². The molecule has 0 radical (unpaired) electrons. The van der Waals surface area contributed by atoms with E-state index in [2.05, 4.69) is 0 Å². The van der Waals surface area contributed by atoms with Crippen LogP contribution in [0.2, 0.25) is 0 Å². The minimum atomic E-state index is -0.724. The highest BCUT2D eigenvalue weighted by Gasteiger charge is 2.61. The number of hydrogen-bond acceptors (Lipinski definition) is 5. The lowest BCUT2D eigenvalue weighted by atomic mass is 9.81. The lowest BCUT2D eigenvalue weighted by Crippen LogP contribution is -2.38. The number of rotatable bonds is 5. The highest BCUT2D eigenvalue weighted by atomic mass is 16.5. The largest absolute Gasteiger partial charge is 0.456 e. The van der Waals surface area contributed by atoms with Crippen LogP contribution < -0.4 is 0 Å². The molecule has 2 saturated carbocycles. The number of ether oxygens (including phenoxy) is 1. The van der Waals surface area contributed by atoms with E-state index in [9.17, 15) is 19.2 Å². The van der Waals surface area contributed by atoms with Gasteiger partial charge in [-0.15, -0.1) is 0 Å². The highest BCUT2D eigenvalue weighted by Crippen LogP contribution is 2.56. The number of amides is 2. The van der Waals surface area contributed by atoms with Crippen LogP contribution in [0, 0.1) is 23.7 Å². The Hall–Kier alpha value is -2.50. The molecule has 1 aliphatic heterocycles. The molecule has 6 nitrogen and oxygen atoms in total. The number of likely N-dealkylation sites (tertiary alicyclic amines) is 1. The van der Waals surface area contributed by atoms with E-state index in [0.717, 1.165) is 24.2 Å². The number of hydrogen-bond donors (Lipinski definition) is 0. The monoisotopic (exact) mass is 341 g/mol. The molecule has 3 aliphatic rings. The molecule has 3 fully saturated rings. The van der Waals surface area contributed by atoms with E-state index in [1.165, 1.54) is 0 Å². The first-order valence-corrected chi connectivity index (χ1v) is 8.65. The fourth-order valence-electron chi connectivity index (χ4n) is 4.65. The Morgan fingerprint density at radius 3 is 2.20 bits per heavy atom. The fourth-order valence-corrected chi connectivity index (χ4v) is 4.65. The topological polar surface area (TPSA) is 80.8 Å². The second-order valence-electron chi connectivity index (χ2n) is 7.10. The van der Waals surface area contributed by atoms with Gasteiger partial charge in [-0.2, -0.15) is 0 Å². The molecular formula is C19H19NO5. The molecule has 2 bridgehead atoms. The van der Waals surface area contributed by atoms with Crippen molar-refractivity contribution in [2.24, 2.45) is 23.7 Å². The molecule has 4 rings (SSSR count). The van der Waals surface area contributed by atoms with Crippen molar-refractivity contribution in [2.45, 2.75) is 19.3 Å². The summed E-state index contributed by atoms with van der Waals surface area (Å²) in [6, 6.07) is 8.52. The number of nitrogens with zero attached hydrogens (tertiary/aromatic N) is 1. The van der Waals surface area contributed by atoms with Crippen LogP contribution in [0.25, 0.3) is 0 Å². The van der Waals surface area contributed by atoms with Crippen molar-refractivity contribution in [3.63, 3.8) is 0 Å². The number of ketones is 1. The summed E-state index contributed by atoms with van der Waals surface area (Å²) in [6.07, 6.45) is 2.94. The number of Topliss-reactive ketones (excluding diaryl/α,β-unsaturated/α-hetero) is 1. The van der Waals surface area contributed by atoms with Crippen LogP contribution in [0.15, 0.2) is 30.3 Å². The summed E-state index contributed by atoms with van der Waals surface area (Å²) in [7, 11) is 0. The molecule has 1 aromatic carbocycles. The summed E-state index contributed by atoms with van der Waals surface area (Å²) in [6.45, 7) is -0.788. The molecule has 1 aromatic rings. The molecule has 6 heteroatoms. The van der Waals surface area contributed by atoms with Crippen molar-refractivity contribution in [2.75, 3.05) is 13.2 Å². The summed E-state index contributed by atoms with van der Waals surface area (Å²) >= 11 is 0. The molecule has 4 atom stereocenters. The Labute approximate surface area is 145 Å². The first-order valence-electron chi connectivity index (χ1n) is 8.65. The minimum absolute atomic E-state index is 0.242. The summed E-state index contributed by atoms with van der Waals surface area (Å²) in [5, 5.41) is 0. The summed E-state index contributed by atoms with van der Waals surface area (Å²) in [5.41, 5.74) is 0.453. The van der Waals surface area contributed by atoms with Gasteiger partial charge in [-0.3, -0.25) is 24.1 Å². The van der Waals surface area contributed by atoms with Crippen LogP contribution in [0.4, 0.5) is 0 Å². The zero-order chi connectivity index (χ0) is 17.6. The van der Waals surface area contributed by atoms with Gasteiger partial charge in [0.2, 0.25) is 11.8 Å². The Morgan fingerprint density at radius 1 is 1.00 bits per heavy atom. The first kappa shape index (κ1) is 16.0.